The Morgan fingerprint density at radius 1 is 1.18 bits per heavy atom. The van der Waals surface area contributed by atoms with Crippen LogP contribution in [0.4, 0.5) is 5.82 Å². The number of piperidine rings is 1. The molecular weight excluding hydrogens is 280 g/mol. The second kappa shape index (κ2) is 7.63. The van der Waals surface area contributed by atoms with E-state index in [1.165, 1.54) is 43.0 Å². The quantitative estimate of drug-likeness (QED) is 0.838. The summed E-state index contributed by atoms with van der Waals surface area (Å²) in [4.78, 5) is 29.1. The first kappa shape index (κ1) is 16.8. The van der Waals surface area contributed by atoms with Gasteiger partial charge in [-0.25, -0.2) is 4.79 Å². The Kier molecular flexibility index (Phi) is 5.83. The molecule has 1 aromatic rings. The smallest absolute Gasteiger partial charge is 0.330 e. The standard InChI is InChI=1S/C16H28N4O2/c1-12(2)20-15(21)9-14(18-16(20)22)17-10-13(3)11-19-7-5-4-6-8-19/h9,12-13,17H,4-8,10-11H2,1-3H3,(H,18,22). The largest absolute Gasteiger partial charge is 0.371 e. The molecule has 0 bridgehead atoms. The van der Waals surface area contributed by atoms with Crippen LogP contribution in [0.2, 0.25) is 0 Å². The van der Waals surface area contributed by atoms with Crippen molar-refractivity contribution < 1.29 is 0 Å². The van der Waals surface area contributed by atoms with Gasteiger partial charge in [0.2, 0.25) is 0 Å². The summed E-state index contributed by atoms with van der Waals surface area (Å²) >= 11 is 0. The van der Waals surface area contributed by atoms with E-state index in [1.807, 2.05) is 13.8 Å². The van der Waals surface area contributed by atoms with Gasteiger partial charge in [-0.2, -0.15) is 0 Å². The summed E-state index contributed by atoms with van der Waals surface area (Å²) in [6.07, 6.45) is 3.93. The topological polar surface area (TPSA) is 70.1 Å². The van der Waals surface area contributed by atoms with E-state index in [-0.39, 0.29) is 17.3 Å². The molecule has 0 saturated carbocycles. The van der Waals surface area contributed by atoms with Gasteiger partial charge in [-0.3, -0.25) is 14.3 Å². The number of hydrogen-bond acceptors (Lipinski definition) is 4. The molecule has 0 aliphatic carbocycles. The first-order chi connectivity index (χ1) is 10.5. The number of H-pyrrole nitrogens is 1. The van der Waals surface area contributed by atoms with Crippen LogP contribution in [0.5, 0.6) is 0 Å². The van der Waals surface area contributed by atoms with Gasteiger partial charge in [-0.1, -0.05) is 13.3 Å². The zero-order chi connectivity index (χ0) is 16.1. The zero-order valence-corrected chi connectivity index (χ0v) is 13.9. The Hall–Kier alpha value is -1.56. The second-order valence-electron chi connectivity index (χ2n) is 6.64. The van der Waals surface area contributed by atoms with Crippen molar-refractivity contribution in [1.82, 2.24) is 14.5 Å². The van der Waals surface area contributed by atoms with Crippen molar-refractivity contribution in [2.45, 2.75) is 46.1 Å². The van der Waals surface area contributed by atoms with Crippen LogP contribution in [0.3, 0.4) is 0 Å². The minimum atomic E-state index is -0.353. The van der Waals surface area contributed by atoms with Gasteiger partial charge in [-0.05, 0) is 45.7 Å². The Morgan fingerprint density at radius 2 is 1.86 bits per heavy atom. The fourth-order valence-electron chi connectivity index (χ4n) is 3.02. The van der Waals surface area contributed by atoms with E-state index in [2.05, 4.69) is 22.1 Å². The molecule has 2 heterocycles. The molecule has 1 aromatic heterocycles. The summed E-state index contributed by atoms with van der Waals surface area (Å²) in [5, 5.41) is 3.19. The second-order valence-corrected chi connectivity index (χ2v) is 6.64. The van der Waals surface area contributed by atoms with Crippen LogP contribution < -0.4 is 16.6 Å². The van der Waals surface area contributed by atoms with Crippen molar-refractivity contribution in [2.24, 2.45) is 5.92 Å². The SMILES string of the molecule is CC(CNc1cc(=O)n(C(C)C)c(=O)[nH]1)CN1CCCCC1. The maximum Gasteiger partial charge on any atom is 0.330 e. The molecule has 1 unspecified atom stereocenters. The first-order valence-electron chi connectivity index (χ1n) is 8.29. The molecule has 1 aliphatic rings. The van der Waals surface area contributed by atoms with Crippen LogP contribution in [0, 0.1) is 5.92 Å². The van der Waals surface area contributed by atoms with Crippen molar-refractivity contribution >= 4 is 5.82 Å². The maximum absolute atomic E-state index is 12.0. The summed E-state index contributed by atoms with van der Waals surface area (Å²) in [5.74, 6) is 0.978. The van der Waals surface area contributed by atoms with E-state index in [1.54, 1.807) is 0 Å². The summed E-state index contributed by atoms with van der Waals surface area (Å²) in [6.45, 7) is 10.0. The number of likely N-dealkylation sites (tertiary alicyclic amines) is 1. The van der Waals surface area contributed by atoms with Gasteiger partial charge in [0.05, 0.1) is 0 Å². The third-order valence-corrected chi connectivity index (χ3v) is 4.14. The number of nitrogens with zero attached hydrogens (tertiary/aromatic N) is 2. The lowest BCUT2D eigenvalue weighted by Gasteiger charge is -2.29. The van der Waals surface area contributed by atoms with E-state index in [4.69, 9.17) is 0 Å². The van der Waals surface area contributed by atoms with Gasteiger partial charge in [0.15, 0.2) is 0 Å². The third-order valence-electron chi connectivity index (χ3n) is 4.14. The van der Waals surface area contributed by atoms with E-state index < -0.39 is 0 Å². The van der Waals surface area contributed by atoms with Crippen molar-refractivity contribution in [3.05, 3.63) is 26.9 Å². The molecule has 1 atom stereocenters. The van der Waals surface area contributed by atoms with Crippen molar-refractivity contribution in [3.8, 4) is 0 Å². The lowest BCUT2D eigenvalue weighted by Crippen LogP contribution is -2.37. The van der Waals surface area contributed by atoms with E-state index in [0.29, 0.717) is 11.7 Å². The van der Waals surface area contributed by atoms with Crippen LogP contribution in [0.25, 0.3) is 0 Å². The molecule has 0 spiro atoms. The summed E-state index contributed by atoms with van der Waals surface area (Å²) in [7, 11) is 0. The average molecular weight is 308 g/mol. The van der Waals surface area contributed by atoms with Gasteiger partial charge in [-0.15, -0.1) is 0 Å². The Bertz CT molecular complexity index is 553. The molecular formula is C16H28N4O2. The highest BCUT2D eigenvalue weighted by atomic mass is 16.2. The number of rotatable bonds is 6. The summed E-state index contributed by atoms with van der Waals surface area (Å²) < 4.78 is 1.22. The Labute approximate surface area is 131 Å². The molecule has 2 rings (SSSR count). The maximum atomic E-state index is 12.0. The van der Waals surface area contributed by atoms with Gasteiger partial charge in [0.1, 0.15) is 5.82 Å². The number of aromatic amines is 1. The highest BCUT2D eigenvalue weighted by molar-refractivity contribution is 5.31. The molecule has 22 heavy (non-hydrogen) atoms. The Morgan fingerprint density at radius 3 is 2.45 bits per heavy atom. The minimum absolute atomic E-state index is 0.136. The summed E-state index contributed by atoms with van der Waals surface area (Å²) in [5.41, 5.74) is -0.612. The third kappa shape index (κ3) is 4.47. The molecule has 1 fully saturated rings. The fraction of sp³-hybridized carbons (Fsp3) is 0.750. The van der Waals surface area contributed by atoms with Crippen molar-refractivity contribution in [2.75, 3.05) is 31.5 Å². The highest BCUT2D eigenvalue weighted by Gasteiger charge is 2.14. The number of anilines is 1. The molecule has 0 aromatic carbocycles. The van der Waals surface area contributed by atoms with Crippen molar-refractivity contribution in [1.29, 1.82) is 0 Å². The molecule has 0 amide bonds. The monoisotopic (exact) mass is 308 g/mol. The molecule has 1 saturated heterocycles. The number of hydrogen-bond donors (Lipinski definition) is 2. The lowest BCUT2D eigenvalue weighted by atomic mass is 10.1. The van der Waals surface area contributed by atoms with E-state index >= 15 is 0 Å². The van der Waals surface area contributed by atoms with Crippen LogP contribution in [0.1, 0.15) is 46.1 Å². The van der Waals surface area contributed by atoms with Crippen LogP contribution in [-0.2, 0) is 0 Å². The molecule has 2 N–H and O–H groups in total. The van der Waals surface area contributed by atoms with Gasteiger partial charge in [0.25, 0.3) is 5.56 Å². The molecule has 124 valence electrons. The normalized spacial score (nSPS) is 17.6. The van der Waals surface area contributed by atoms with Crippen LogP contribution >= 0.6 is 0 Å². The summed E-state index contributed by atoms with van der Waals surface area (Å²) in [6, 6.07) is 1.33. The highest BCUT2D eigenvalue weighted by Crippen LogP contribution is 2.11. The number of aromatic nitrogens is 2. The van der Waals surface area contributed by atoms with E-state index in [9.17, 15) is 9.59 Å². The average Bonchev–Trinajstić information content (AvgIpc) is 2.45. The van der Waals surface area contributed by atoms with Crippen molar-refractivity contribution in [3.63, 3.8) is 0 Å². The molecule has 1 aliphatic heterocycles. The lowest BCUT2D eigenvalue weighted by molar-refractivity contribution is 0.204. The molecule has 6 heteroatoms. The van der Waals surface area contributed by atoms with E-state index in [0.717, 1.165) is 13.1 Å². The first-order valence-corrected chi connectivity index (χ1v) is 8.29. The zero-order valence-electron chi connectivity index (χ0n) is 13.9. The van der Waals surface area contributed by atoms with Gasteiger partial charge in [0, 0.05) is 25.2 Å². The minimum Gasteiger partial charge on any atom is -0.371 e. The van der Waals surface area contributed by atoms with Crippen LogP contribution in [0.15, 0.2) is 15.7 Å². The number of nitrogens with one attached hydrogen (secondary N) is 2. The Balaban J connectivity index is 1.91. The molecule has 6 nitrogen and oxygen atoms in total. The van der Waals surface area contributed by atoms with Gasteiger partial charge < -0.3 is 10.2 Å². The predicted octanol–water partition coefficient (Wildman–Crippen LogP) is 1.65. The predicted molar refractivity (Wildman–Crippen MR) is 89.7 cm³/mol. The fourth-order valence-corrected chi connectivity index (χ4v) is 3.02. The molecule has 0 radical (unpaired) electrons. The van der Waals surface area contributed by atoms with Gasteiger partial charge >= 0.3 is 5.69 Å². The van der Waals surface area contributed by atoms with Crippen LogP contribution in [-0.4, -0.2) is 40.6 Å².